The van der Waals surface area contributed by atoms with Gasteiger partial charge in [-0.25, -0.2) is 22.9 Å². The predicted octanol–water partition coefficient (Wildman–Crippen LogP) is 3.23. The van der Waals surface area contributed by atoms with Crippen LogP contribution < -0.4 is 0 Å². The Morgan fingerprint density at radius 3 is 2.71 bits per heavy atom. The minimum absolute atomic E-state index is 0.0637. The van der Waals surface area contributed by atoms with E-state index >= 15 is 0 Å². The van der Waals surface area contributed by atoms with Crippen LogP contribution in [0.25, 0.3) is 0 Å². The van der Waals surface area contributed by atoms with Gasteiger partial charge in [0.2, 0.25) is 0 Å². The van der Waals surface area contributed by atoms with E-state index in [9.17, 15) is 18.0 Å². The highest BCUT2D eigenvalue weighted by Gasteiger charge is 2.22. The number of rotatable bonds is 4. The average molecular weight is 312 g/mol. The second-order valence-corrected chi connectivity index (χ2v) is 3.57. The molecule has 0 radical (unpaired) electrons. The zero-order valence-electron chi connectivity index (χ0n) is 8.84. The average Bonchev–Trinajstić information content (AvgIpc) is 2.29. The fourth-order valence-electron chi connectivity index (χ4n) is 1.16. The van der Waals surface area contributed by atoms with Crippen LogP contribution >= 0.6 is 15.9 Å². The Kier molecular flexibility index (Phi) is 4.92. The van der Waals surface area contributed by atoms with Gasteiger partial charge in [-0.1, -0.05) is 15.9 Å². The number of alkyl halides is 3. The number of carbonyl (C=O) groups is 1. The number of carbonyl (C=O) groups excluding carboxylic acids is 1. The maximum Gasteiger partial charge on any atom is 0.356 e. The predicted molar refractivity (Wildman–Crippen MR) is 57.7 cm³/mol. The molecule has 0 atom stereocenters. The van der Waals surface area contributed by atoms with Crippen LogP contribution in [0.15, 0.2) is 6.07 Å². The summed E-state index contributed by atoms with van der Waals surface area (Å²) in [4.78, 5) is 15.0. The summed E-state index contributed by atoms with van der Waals surface area (Å²) in [5, 5.41) is -0.0637. The zero-order chi connectivity index (χ0) is 13.0. The molecule has 17 heavy (non-hydrogen) atoms. The Labute approximate surface area is 104 Å². The van der Waals surface area contributed by atoms with Gasteiger partial charge in [0, 0.05) is 5.33 Å². The lowest BCUT2D eigenvalue weighted by atomic mass is 10.2. The Hall–Kier alpha value is -1.11. The topological polar surface area (TPSA) is 39.2 Å². The molecule has 0 aliphatic heterocycles. The van der Waals surface area contributed by atoms with Gasteiger partial charge in [0.25, 0.3) is 6.43 Å². The van der Waals surface area contributed by atoms with E-state index in [0.29, 0.717) is 6.07 Å². The Morgan fingerprint density at radius 1 is 1.59 bits per heavy atom. The van der Waals surface area contributed by atoms with Crippen molar-refractivity contribution in [2.75, 3.05) is 6.61 Å². The molecule has 0 aliphatic carbocycles. The standard InChI is InChI=1S/C10H9BrF3NO2/c1-2-17-10(16)6-3-5(9(13)14)8(12)7(4-11)15-6/h3,9H,2,4H2,1H3. The van der Waals surface area contributed by atoms with Gasteiger partial charge in [0.15, 0.2) is 5.82 Å². The molecule has 0 unspecified atom stereocenters. The molecule has 0 aliphatic rings. The Balaban J connectivity index is 3.25. The van der Waals surface area contributed by atoms with Gasteiger partial charge in [-0.3, -0.25) is 0 Å². The van der Waals surface area contributed by atoms with Crippen molar-refractivity contribution in [3.8, 4) is 0 Å². The summed E-state index contributed by atoms with van der Waals surface area (Å²) in [6, 6.07) is 0.712. The molecule has 0 saturated heterocycles. The lowest BCUT2D eigenvalue weighted by molar-refractivity contribution is 0.0518. The highest BCUT2D eigenvalue weighted by molar-refractivity contribution is 9.08. The van der Waals surface area contributed by atoms with Crippen LogP contribution in [0.3, 0.4) is 0 Å². The molecule has 1 heterocycles. The van der Waals surface area contributed by atoms with Crippen LogP contribution in [-0.4, -0.2) is 17.6 Å². The van der Waals surface area contributed by atoms with Crippen LogP contribution in [0.4, 0.5) is 13.2 Å². The van der Waals surface area contributed by atoms with E-state index in [1.807, 2.05) is 0 Å². The molecule has 0 bridgehead atoms. The fourth-order valence-corrected chi connectivity index (χ4v) is 1.53. The minimum Gasteiger partial charge on any atom is -0.461 e. The number of nitrogens with zero attached hydrogens (tertiary/aromatic N) is 1. The second-order valence-electron chi connectivity index (χ2n) is 3.01. The first-order valence-electron chi connectivity index (χ1n) is 4.71. The van der Waals surface area contributed by atoms with Crippen LogP contribution in [0.5, 0.6) is 0 Å². The molecule has 1 aromatic rings. The fraction of sp³-hybridized carbons (Fsp3) is 0.400. The maximum absolute atomic E-state index is 13.4. The van der Waals surface area contributed by atoms with Gasteiger partial charge in [0.05, 0.1) is 17.9 Å². The van der Waals surface area contributed by atoms with E-state index in [-0.39, 0.29) is 23.3 Å². The van der Waals surface area contributed by atoms with Gasteiger partial charge in [-0.05, 0) is 13.0 Å². The molecular weight excluding hydrogens is 303 g/mol. The highest BCUT2D eigenvalue weighted by atomic mass is 79.9. The first-order valence-corrected chi connectivity index (χ1v) is 5.83. The van der Waals surface area contributed by atoms with Crippen molar-refractivity contribution in [2.24, 2.45) is 0 Å². The number of pyridine rings is 1. The number of halogens is 4. The van der Waals surface area contributed by atoms with E-state index < -0.39 is 23.8 Å². The van der Waals surface area contributed by atoms with Crippen molar-refractivity contribution >= 4 is 21.9 Å². The molecule has 0 aromatic carbocycles. The van der Waals surface area contributed by atoms with Crippen LogP contribution in [0, 0.1) is 5.82 Å². The van der Waals surface area contributed by atoms with Crippen molar-refractivity contribution in [3.05, 3.63) is 28.8 Å². The summed E-state index contributed by atoms with van der Waals surface area (Å²) in [5.41, 5.74) is -1.42. The number of ether oxygens (including phenoxy) is 1. The third-order valence-corrected chi connectivity index (χ3v) is 2.43. The number of aromatic nitrogens is 1. The second kappa shape index (κ2) is 6.00. The minimum atomic E-state index is -3.01. The normalized spacial score (nSPS) is 10.7. The summed E-state index contributed by atoms with van der Waals surface area (Å²) in [5.74, 6) is -1.96. The van der Waals surface area contributed by atoms with E-state index in [0.717, 1.165) is 0 Å². The lowest BCUT2D eigenvalue weighted by Gasteiger charge is -2.08. The van der Waals surface area contributed by atoms with E-state index in [1.54, 1.807) is 6.92 Å². The molecule has 0 N–H and O–H groups in total. The van der Waals surface area contributed by atoms with Gasteiger partial charge < -0.3 is 4.74 Å². The highest BCUT2D eigenvalue weighted by Crippen LogP contribution is 2.25. The van der Waals surface area contributed by atoms with E-state index in [1.165, 1.54) is 0 Å². The molecule has 3 nitrogen and oxygen atoms in total. The molecule has 1 aromatic heterocycles. The SMILES string of the molecule is CCOC(=O)c1cc(C(F)F)c(F)c(CBr)n1. The first-order chi connectivity index (χ1) is 8.01. The molecule has 0 amide bonds. The summed E-state index contributed by atoms with van der Waals surface area (Å²) >= 11 is 2.91. The summed E-state index contributed by atoms with van der Waals surface area (Å²) in [7, 11) is 0. The van der Waals surface area contributed by atoms with Crippen molar-refractivity contribution in [2.45, 2.75) is 18.7 Å². The van der Waals surface area contributed by atoms with Gasteiger partial charge in [-0.2, -0.15) is 0 Å². The van der Waals surface area contributed by atoms with Crippen molar-refractivity contribution in [1.82, 2.24) is 4.98 Å². The molecule has 1 rings (SSSR count). The zero-order valence-corrected chi connectivity index (χ0v) is 10.4. The largest absolute Gasteiger partial charge is 0.461 e. The molecule has 94 valence electrons. The van der Waals surface area contributed by atoms with E-state index in [4.69, 9.17) is 0 Å². The monoisotopic (exact) mass is 311 g/mol. The molecule has 0 spiro atoms. The third-order valence-electron chi connectivity index (χ3n) is 1.90. The third kappa shape index (κ3) is 3.18. The van der Waals surface area contributed by atoms with Gasteiger partial charge in [-0.15, -0.1) is 0 Å². The van der Waals surface area contributed by atoms with Crippen molar-refractivity contribution < 1.29 is 22.7 Å². The quantitative estimate of drug-likeness (QED) is 0.633. The first kappa shape index (κ1) is 14.0. The summed E-state index contributed by atoms with van der Waals surface area (Å²) in [6.07, 6.45) is -3.01. The Bertz CT molecular complexity index is 426. The number of hydrogen-bond donors (Lipinski definition) is 0. The van der Waals surface area contributed by atoms with Crippen LogP contribution in [0.2, 0.25) is 0 Å². The molecular formula is C10H9BrF3NO2. The van der Waals surface area contributed by atoms with Crippen LogP contribution in [0.1, 0.15) is 35.1 Å². The van der Waals surface area contributed by atoms with Gasteiger partial charge >= 0.3 is 5.97 Å². The van der Waals surface area contributed by atoms with Crippen molar-refractivity contribution in [3.63, 3.8) is 0 Å². The van der Waals surface area contributed by atoms with Gasteiger partial charge in [0.1, 0.15) is 5.69 Å². The maximum atomic E-state index is 13.4. The summed E-state index contributed by atoms with van der Waals surface area (Å²) < 4.78 is 43.1. The number of hydrogen-bond acceptors (Lipinski definition) is 3. The Morgan fingerprint density at radius 2 is 2.24 bits per heavy atom. The van der Waals surface area contributed by atoms with Crippen LogP contribution in [-0.2, 0) is 10.1 Å². The summed E-state index contributed by atoms with van der Waals surface area (Å²) in [6.45, 7) is 1.66. The van der Waals surface area contributed by atoms with E-state index in [2.05, 4.69) is 25.7 Å². The number of esters is 1. The smallest absolute Gasteiger partial charge is 0.356 e. The molecule has 0 saturated carbocycles. The van der Waals surface area contributed by atoms with Crippen molar-refractivity contribution in [1.29, 1.82) is 0 Å². The molecule has 0 fully saturated rings. The lowest BCUT2D eigenvalue weighted by Crippen LogP contribution is -2.11. The molecule has 7 heteroatoms.